The smallest absolute Gasteiger partial charge is 0.342 e. The van der Waals surface area contributed by atoms with Gasteiger partial charge in [0, 0.05) is 0 Å². The number of carboxylic acids is 1. The number of carbonyl (C=O) groups is 1. The first kappa shape index (κ1) is 14.4. The summed E-state index contributed by atoms with van der Waals surface area (Å²) in [7, 11) is 0. The number of thioether (sulfide) groups is 1. The van der Waals surface area contributed by atoms with E-state index in [1.165, 1.54) is 17.8 Å². The van der Waals surface area contributed by atoms with Gasteiger partial charge in [-0.15, -0.1) is 11.8 Å². The molecule has 1 aromatic rings. The van der Waals surface area contributed by atoms with Crippen molar-refractivity contribution < 1.29 is 14.8 Å². The van der Waals surface area contributed by atoms with E-state index in [4.69, 9.17) is 5.11 Å². The predicted octanol–water partition coefficient (Wildman–Crippen LogP) is 2.97. The molecule has 0 saturated carbocycles. The highest BCUT2D eigenvalue weighted by molar-refractivity contribution is 7.99. The lowest BCUT2D eigenvalue weighted by atomic mass is 10.2. The van der Waals surface area contributed by atoms with Crippen LogP contribution in [0.2, 0.25) is 0 Å². The lowest BCUT2D eigenvalue weighted by molar-refractivity contribution is -0.385. The van der Waals surface area contributed by atoms with Gasteiger partial charge in [0.25, 0.3) is 0 Å². The molecule has 1 N–H and O–H groups in total. The van der Waals surface area contributed by atoms with Crippen LogP contribution in [0, 0.1) is 10.1 Å². The summed E-state index contributed by atoms with van der Waals surface area (Å²) in [6.45, 7) is 2.09. The molecule has 0 aliphatic heterocycles. The molecule has 98 valence electrons. The fourth-order valence-corrected chi connectivity index (χ4v) is 2.24. The number of hydrogen-bond acceptors (Lipinski definition) is 5. The molecule has 7 heteroatoms. The van der Waals surface area contributed by atoms with Gasteiger partial charge in [-0.1, -0.05) is 19.8 Å². The Morgan fingerprint density at radius 1 is 1.56 bits per heavy atom. The fraction of sp³-hybridized carbons (Fsp3) is 0.455. The van der Waals surface area contributed by atoms with Crippen molar-refractivity contribution in [3.05, 3.63) is 27.9 Å². The molecule has 0 aliphatic rings. The maximum Gasteiger partial charge on any atom is 0.342 e. The van der Waals surface area contributed by atoms with Crippen LogP contribution in [0.3, 0.4) is 0 Å². The van der Waals surface area contributed by atoms with Crippen LogP contribution in [-0.2, 0) is 0 Å². The molecule has 0 fully saturated rings. The van der Waals surface area contributed by atoms with Crippen LogP contribution in [0.25, 0.3) is 0 Å². The summed E-state index contributed by atoms with van der Waals surface area (Å²) in [6.07, 6.45) is 4.23. The van der Waals surface area contributed by atoms with E-state index in [0.29, 0.717) is 5.03 Å². The Hall–Kier alpha value is -1.63. The minimum atomic E-state index is -1.31. The molecule has 0 saturated heterocycles. The first-order valence-electron chi connectivity index (χ1n) is 5.56. The van der Waals surface area contributed by atoms with E-state index in [2.05, 4.69) is 11.9 Å². The van der Waals surface area contributed by atoms with Gasteiger partial charge in [-0.2, -0.15) is 0 Å². The van der Waals surface area contributed by atoms with E-state index in [0.717, 1.165) is 31.2 Å². The molecule has 1 heterocycles. The molecule has 6 nitrogen and oxygen atoms in total. The topological polar surface area (TPSA) is 93.3 Å². The van der Waals surface area contributed by atoms with Gasteiger partial charge in [0.2, 0.25) is 0 Å². The standard InChI is InChI=1S/C11H14N2O4S/c1-2-3-4-5-18-10-6-8(11(14)15)9(7-12-10)13(16)17/h6-7H,2-5H2,1H3,(H,14,15). The van der Waals surface area contributed by atoms with Crippen LogP contribution in [0.5, 0.6) is 0 Å². The molecule has 0 atom stereocenters. The maximum atomic E-state index is 10.9. The molecule has 18 heavy (non-hydrogen) atoms. The summed E-state index contributed by atoms with van der Waals surface area (Å²) in [4.78, 5) is 24.7. The zero-order chi connectivity index (χ0) is 13.5. The number of aromatic nitrogens is 1. The Labute approximate surface area is 109 Å². The van der Waals surface area contributed by atoms with Gasteiger partial charge in [-0.25, -0.2) is 9.78 Å². The molecular formula is C11H14N2O4S. The van der Waals surface area contributed by atoms with Crippen molar-refractivity contribution in [2.45, 2.75) is 31.2 Å². The van der Waals surface area contributed by atoms with Crippen LogP contribution < -0.4 is 0 Å². The zero-order valence-corrected chi connectivity index (χ0v) is 10.8. The van der Waals surface area contributed by atoms with Gasteiger partial charge in [-0.05, 0) is 18.2 Å². The number of carboxylic acid groups (broad SMARTS) is 1. The normalized spacial score (nSPS) is 10.3. The number of unbranched alkanes of at least 4 members (excludes halogenated alkanes) is 2. The first-order chi connectivity index (χ1) is 8.56. The van der Waals surface area contributed by atoms with Crippen molar-refractivity contribution in [3.63, 3.8) is 0 Å². The molecule has 0 bridgehead atoms. The summed E-state index contributed by atoms with van der Waals surface area (Å²) >= 11 is 1.42. The van der Waals surface area contributed by atoms with E-state index >= 15 is 0 Å². The van der Waals surface area contributed by atoms with E-state index in [1.807, 2.05) is 0 Å². The summed E-state index contributed by atoms with van der Waals surface area (Å²) in [5, 5.41) is 20.0. The predicted molar refractivity (Wildman–Crippen MR) is 68.1 cm³/mol. The van der Waals surface area contributed by atoms with E-state index < -0.39 is 16.6 Å². The first-order valence-corrected chi connectivity index (χ1v) is 6.55. The number of nitrogens with zero attached hydrogens (tertiary/aromatic N) is 2. The van der Waals surface area contributed by atoms with Gasteiger partial charge in [0.15, 0.2) is 0 Å². The Morgan fingerprint density at radius 2 is 2.28 bits per heavy atom. The quantitative estimate of drug-likeness (QED) is 0.354. The Morgan fingerprint density at radius 3 is 2.83 bits per heavy atom. The maximum absolute atomic E-state index is 10.9. The van der Waals surface area contributed by atoms with E-state index in [-0.39, 0.29) is 5.56 Å². The molecule has 0 aliphatic carbocycles. The molecule has 1 rings (SSSR count). The van der Waals surface area contributed by atoms with E-state index in [1.54, 1.807) is 0 Å². The average molecular weight is 270 g/mol. The largest absolute Gasteiger partial charge is 0.477 e. The summed E-state index contributed by atoms with van der Waals surface area (Å²) in [5.74, 6) is -0.475. The second-order valence-corrected chi connectivity index (χ2v) is 4.77. The molecule has 0 spiro atoms. The van der Waals surface area contributed by atoms with Crippen molar-refractivity contribution in [1.82, 2.24) is 4.98 Å². The van der Waals surface area contributed by atoms with Gasteiger partial charge >= 0.3 is 11.7 Å². The van der Waals surface area contributed by atoms with Crippen molar-refractivity contribution in [1.29, 1.82) is 0 Å². The highest BCUT2D eigenvalue weighted by atomic mass is 32.2. The van der Waals surface area contributed by atoms with Gasteiger partial charge in [0.1, 0.15) is 11.8 Å². The fourth-order valence-electron chi connectivity index (χ4n) is 1.35. The molecule has 0 amide bonds. The lowest BCUT2D eigenvalue weighted by Crippen LogP contribution is -2.04. The molecular weight excluding hydrogens is 256 g/mol. The monoisotopic (exact) mass is 270 g/mol. The van der Waals surface area contributed by atoms with Crippen molar-refractivity contribution in [2.24, 2.45) is 0 Å². The van der Waals surface area contributed by atoms with Gasteiger partial charge < -0.3 is 5.11 Å². The molecule has 0 aromatic carbocycles. The minimum Gasteiger partial charge on any atom is -0.477 e. The summed E-state index contributed by atoms with van der Waals surface area (Å²) in [6, 6.07) is 1.26. The second-order valence-electron chi connectivity index (χ2n) is 3.66. The second kappa shape index (κ2) is 6.95. The van der Waals surface area contributed by atoms with Gasteiger partial charge in [-0.3, -0.25) is 10.1 Å². The number of pyridine rings is 1. The summed E-state index contributed by atoms with van der Waals surface area (Å²) in [5.41, 5.74) is -0.784. The van der Waals surface area contributed by atoms with Crippen LogP contribution in [-0.4, -0.2) is 26.7 Å². The van der Waals surface area contributed by atoms with Crippen LogP contribution in [0.1, 0.15) is 36.5 Å². The third kappa shape index (κ3) is 3.99. The third-order valence-corrected chi connectivity index (χ3v) is 3.29. The van der Waals surface area contributed by atoms with Crippen molar-refractivity contribution in [2.75, 3.05) is 5.75 Å². The number of nitro groups is 1. The van der Waals surface area contributed by atoms with E-state index in [9.17, 15) is 14.9 Å². The Kier molecular flexibility index (Phi) is 5.57. The van der Waals surface area contributed by atoms with Crippen LogP contribution in [0.4, 0.5) is 5.69 Å². The highest BCUT2D eigenvalue weighted by Gasteiger charge is 2.20. The molecule has 1 aromatic heterocycles. The molecule has 0 unspecified atom stereocenters. The summed E-state index contributed by atoms with van der Waals surface area (Å²) < 4.78 is 0. The molecule has 0 radical (unpaired) electrons. The van der Waals surface area contributed by atoms with Crippen LogP contribution in [0.15, 0.2) is 17.3 Å². The van der Waals surface area contributed by atoms with Crippen molar-refractivity contribution in [3.8, 4) is 0 Å². The highest BCUT2D eigenvalue weighted by Crippen LogP contribution is 2.24. The third-order valence-electron chi connectivity index (χ3n) is 2.28. The number of rotatable bonds is 7. The Bertz CT molecular complexity index is 451. The lowest BCUT2D eigenvalue weighted by Gasteiger charge is -2.02. The van der Waals surface area contributed by atoms with Crippen molar-refractivity contribution >= 4 is 23.4 Å². The number of hydrogen-bond donors (Lipinski definition) is 1. The van der Waals surface area contributed by atoms with Gasteiger partial charge in [0.05, 0.1) is 9.95 Å². The number of aromatic carboxylic acids is 1. The minimum absolute atomic E-state index is 0.312. The van der Waals surface area contributed by atoms with Crippen LogP contribution >= 0.6 is 11.8 Å². The SMILES string of the molecule is CCCCCSc1cc(C(=O)O)c([N+](=O)[O-])cn1. The Balaban J connectivity index is 2.80. The zero-order valence-electron chi connectivity index (χ0n) is 9.96. The average Bonchev–Trinajstić information content (AvgIpc) is 2.34.